The first-order chi connectivity index (χ1) is 8.80. The third-order valence-corrected chi connectivity index (χ3v) is 3.25. The van der Waals surface area contributed by atoms with Crippen LogP contribution in [0.25, 0.3) is 10.9 Å². The van der Waals surface area contributed by atoms with E-state index in [2.05, 4.69) is 10.3 Å². The van der Waals surface area contributed by atoms with Crippen molar-refractivity contribution >= 4 is 34.1 Å². The topological polar surface area (TPSA) is 42.0 Å². The molecule has 4 heteroatoms. The number of amides is 1. The zero-order valence-electron chi connectivity index (χ0n) is 11.5. The van der Waals surface area contributed by atoms with Gasteiger partial charge in [-0.2, -0.15) is 0 Å². The maximum absolute atomic E-state index is 12.1. The minimum atomic E-state index is -0.469. The van der Waals surface area contributed by atoms with Crippen molar-refractivity contribution in [3.05, 3.63) is 35.0 Å². The molecular weight excluding hydrogens is 260 g/mol. The van der Waals surface area contributed by atoms with Crippen molar-refractivity contribution < 1.29 is 4.79 Å². The summed E-state index contributed by atoms with van der Waals surface area (Å²) >= 11 is 6.26. The lowest BCUT2D eigenvalue weighted by Gasteiger charge is -2.19. The molecule has 19 heavy (non-hydrogen) atoms. The highest BCUT2D eigenvalue weighted by Crippen LogP contribution is 2.33. The Morgan fingerprint density at radius 1 is 1.37 bits per heavy atom. The SMILES string of the molecule is Cc1cc(Cl)c(NC(=O)C(C)(C)C)c2cccnc12. The lowest BCUT2D eigenvalue weighted by atomic mass is 9.95. The summed E-state index contributed by atoms with van der Waals surface area (Å²) in [5.74, 6) is -0.0663. The van der Waals surface area contributed by atoms with E-state index in [4.69, 9.17) is 11.6 Å². The standard InChI is InChI=1S/C15H17ClN2O/c1-9-8-11(16)13(18-14(19)15(2,3)4)10-6-5-7-17-12(9)10/h5-8H,1-4H3,(H,18,19). The van der Waals surface area contributed by atoms with Crippen LogP contribution in [0.2, 0.25) is 5.02 Å². The third-order valence-electron chi connectivity index (χ3n) is 2.95. The number of hydrogen-bond donors (Lipinski definition) is 1. The molecule has 1 heterocycles. The average Bonchev–Trinajstić information content (AvgIpc) is 2.33. The Hall–Kier alpha value is -1.61. The summed E-state index contributed by atoms with van der Waals surface area (Å²) in [6.07, 6.45) is 1.73. The molecule has 3 nitrogen and oxygen atoms in total. The van der Waals surface area contributed by atoms with Gasteiger partial charge in [-0.3, -0.25) is 9.78 Å². The number of rotatable bonds is 1. The fraction of sp³-hybridized carbons (Fsp3) is 0.333. The average molecular weight is 277 g/mol. The van der Waals surface area contributed by atoms with Crippen LogP contribution in [0.15, 0.2) is 24.4 Å². The summed E-state index contributed by atoms with van der Waals surface area (Å²) in [4.78, 5) is 16.5. The van der Waals surface area contributed by atoms with Gasteiger partial charge in [-0.25, -0.2) is 0 Å². The molecule has 2 aromatic rings. The molecule has 0 spiro atoms. The van der Waals surface area contributed by atoms with Crippen LogP contribution in [0.3, 0.4) is 0 Å². The van der Waals surface area contributed by atoms with Gasteiger partial charge < -0.3 is 5.32 Å². The minimum Gasteiger partial charge on any atom is -0.324 e. The van der Waals surface area contributed by atoms with Gasteiger partial charge in [0.25, 0.3) is 0 Å². The van der Waals surface area contributed by atoms with Crippen LogP contribution < -0.4 is 5.32 Å². The van der Waals surface area contributed by atoms with E-state index < -0.39 is 5.41 Å². The van der Waals surface area contributed by atoms with Crippen molar-refractivity contribution in [3.63, 3.8) is 0 Å². The molecule has 1 N–H and O–H groups in total. The normalized spacial score (nSPS) is 11.6. The molecule has 0 atom stereocenters. The second-order valence-electron chi connectivity index (χ2n) is 5.65. The molecule has 0 aliphatic carbocycles. The number of nitrogens with zero attached hydrogens (tertiary/aromatic N) is 1. The molecular formula is C15H17ClN2O. The second-order valence-corrected chi connectivity index (χ2v) is 6.06. The summed E-state index contributed by atoms with van der Waals surface area (Å²) in [6.45, 7) is 7.55. The van der Waals surface area contributed by atoms with Gasteiger partial charge in [-0.1, -0.05) is 32.4 Å². The maximum Gasteiger partial charge on any atom is 0.229 e. The van der Waals surface area contributed by atoms with E-state index in [0.717, 1.165) is 16.5 Å². The molecule has 0 aliphatic rings. The lowest BCUT2D eigenvalue weighted by Crippen LogP contribution is -2.27. The number of carbonyl (C=O) groups is 1. The van der Waals surface area contributed by atoms with Gasteiger partial charge in [-0.05, 0) is 30.7 Å². The highest BCUT2D eigenvalue weighted by Gasteiger charge is 2.23. The zero-order valence-corrected chi connectivity index (χ0v) is 12.3. The van der Waals surface area contributed by atoms with Crippen LogP contribution >= 0.6 is 11.6 Å². The number of aromatic nitrogens is 1. The van der Waals surface area contributed by atoms with Crippen LogP contribution in [0, 0.1) is 12.3 Å². The Morgan fingerprint density at radius 3 is 2.68 bits per heavy atom. The molecule has 0 saturated heterocycles. The third kappa shape index (κ3) is 2.71. The molecule has 0 aliphatic heterocycles. The quantitative estimate of drug-likeness (QED) is 0.849. The number of carbonyl (C=O) groups excluding carboxylic acids is 1. The first-order valence-corrected chi connectivity index (χ1v) is 6.54. The van der Waals surface area contributed by atoms with Gasteiger partial charge in [0, 0.05) is 17.0 Å². The van der Waals surface area contributed by atoms with E-state index in [9.17, 15) is 4.79 Å². The van der Waals surface area contributed by atoms with E-state index in [-0.39, 0.29) is 5.91 Å². The molecule has 1 aromatic heterocycles. The fourth-order valence-electron chi connectivity index (χ4n) is 1.81. The van der Waals surface area contributed by atoms with Crippen LogP contribution in [0.1, 0.15) is 26.3 Å². The smallest absolute Gasteiger partial charge is 0.229 e. The molecule has 0 fully saturated rings. The zero-order chi connectivity index (χ0) is 14.2. The van der Waals surface area contributed by atoms with Crippen molar-refractivity contribution in [3.8, 4) is 0 Å². The van der Waals surface area contributed by atoms with Crippen molar-refractivity contribution in [2.45, 2.75) is 27.7 Å². The number of nitrogens with one attached hydrogen (secondary N) is 1. The summed E-state index contributed by atoms with van der Waals surface area (Å²) in [7, 11) is 0. The molecule has 0 unspecified atom stereocenters. The van der Waals surface area contributed by atoms with E-state index in [0.29, 0.717) is 10.7 Å². The molecule has 0 radical (unpaired) electrons. The molecule has 2 rings (SSSR count). The number of halogens is 1. The van der Waals surface area contributed by atoms with Gasteiger partial charge >= 0.3 is 0 Å². The Bertz CT molecular complexity index is 644. The van der Waals surface area contributed by atoms with Crippen LogP contribution in [0.5, 0.6) is 0 Å². The summed E-state index contributed by atoms with van der Waals surface area (Å²) in [5.41, 5.74) is 2.02. The Balaban J connectivity index is 2.58. The van der Waals surface area contributed by atoms with Gasteiger partial charge in [-0.15, -0.1) is 0 Å². The van der Waals surface area contributed by atoms with Crippen molar-refractivity contribution in [1.29, 1.82) is 0 Å². The second kappa shape index (κ2) is 4.82. The minimum absolute atomic E-state index is 0.0663. The van der Waals surface area contributed by atoms with E-state index in [1.807, 2.05) is 45.9 Å². The predicted octanol–water partition coefficient (Wildman–Crippen LogP) is 4.18. The maximum atomic E-state index is 12.1. The largest absolute Gasteiger partial charge is 0.324 e. The van der Waals surface area contributed by atoms with E-state index in [1.165, 1.54) is 0 Å². The van der Waals surface area contributed by atoms with Gasteiger partial charge in [0.05, 0.1) is 16.2 Å². The Morgan fingerprint density at radius 2 is 2.05 bits per heavy atom. The van der Waals surface area contributed by atoms with E-state index >= 15 is 0 Å². The summed E-state index contributed by atoms with van der Waals surface area (Å²) < 4.78 is 0. The summed E-state index contributed by atoms with van der Waals surface area (Å²) in [6, 6.07) is 5.58. The fourth-order valence-corrected chi connectivity index (χ4v) is 2.12. The molecule has 1 aromatic carbocycles. The summed E-state index contributed by atoms with van der Waals surface area (Å²) in [5, 5.41) is 4.31. The highest BCUT2D eigenvalue weighted by atomic mass is 35.5. The first-order valence-electron chi connectivity index (χ1n) is 6.16. The van der Waals surface area contributed by atoms with Crippen LogP contribution in [-0.4, -0.2) is 10.9 Å². The number of aryl methyl sites for hydroxylation is 1. The first kappa shape index (κ1) is 13.8. The molecule has 0 bridgehead atoms. The number of hydrogen-bond acceptors (Lipinski definition) is 2. The highest BCUT2D eigenvalue weighted by molar-refractivity contribution is 6.35. The van der Waals surface area contributed by atoms with Crippen molar-refractivity contribution in [2.24, 2.45) is 5.41 Å². The van der Waals surface area contributed by atoms with Crippen LogP contribution in [0.4, 0.5) is 5.69 Å². The molecule has 1 amide bonds. The van der Waals surface area contributed by atoms with Gasteiger partial charge in [0.15, 0.2) is 0 Å². The Labute approximate surface area is 118 Å². The van der Waals surface area contributed by atoms with Crippen LogP contribution in [-0.2, 0) is 4.79 Å². The monoisotopic (exact) mass is 276 g/mol. The number of pyridine rings is 1. The van der Waals surface area contributed by atoms with Gasteiger partial charge in [0.1, 0.15) is 0 Å². The van der Waals surface area contributed by atoms with E-state index in [1.54, 1.807) is 6.20 Å². The van der Waals surface area contributed by atoms with Gasteiger partial charge in [0.2, 0.25) is 5.91 Å². The molecule has 0 saturated carbocycles. The van der Waals surface area contributed by atoms with Crippen molar-refractivity contribution in [2.75, 3.05) is 5.32 Å². The van der Waals surface area contributed by atoms with Crippen molar-refractivity contribution in [1.82, 2.24) is 4.98 Å². The number of anilines is 1. The number of fused-ring (bicyclic) bond motifs is 1. The Kier molecular flexibility index (Phi) is 3.50. The molecule has 100 valence electrons. The number of benzene rings is 1. The lowest BCUT2D eigenvalue weighted by molar-refractivity contribution is -0.123. The predicted molar refractivity (Wildman–Crippen MR) is 79.6 cm³/mol.